The van der Waals surface area contributed by atoms with Crippen LogP contribution in [0.5, 0.6) is 11.5 Å². The van der Waals surface area contributed by atoms with Gasteiger partial charge in [0.1, 0.15) is 18.1 Å². The highest BCUT2D eigenvalue weighted by molar-refractivity contribution is 7.99. The second-order valence-corrected chi connectivity index (χ2v) is 8.10. The lowest BCUT2D eigenvalue weighted by Crippen LogP contribution is -2.15. The molecule has 34 heavy (non-hydrogen) atoms. The van der Waals surface area contributed by atoms with E-state index in [0.717, 1.165) is 12.2 Å². The number of rotatable bonds is 12. The maximum atomic E-state index is 12.5. The molecule has 10 heteroatoms. The molecule has 9 nitrogen and oxygen atoms in total. The normalized spacial score (nSPS) is 10.6. The van der Waals surface area contributed by atoms with Crippen LogP contribution in [0.3, 0.4) is 0 Å². The molecule has 0 aliphatic heterocycles. The number of hydrogen-bond acceptors (Lipinski definition) is 8. The Balaban J connectivity index is 1.54. The zero-order valence-electron chi connectivity index (χ0n) is 19.4. The van der Waals surface area contributed by atoms with Crippen LogP contribution in [-0.2, 0) is 22.7 Å². The standard InChI is InChI=1S/C24H28N4O5S/c1-4-13-32-23(30)17-7-6-8-18(14-17)25-22(29)16-34-24-27-26-21(28(24)5-2)15-33-20-11-9-19(31-3)10-12-20/h6-12,14H,4-5,13,15-16H2,1-3H3,(H,25,29). The maximum Gasteiger partial charge on any atom is 0.338 e. The molecule has 0 radical (unpaired) electrons. The first-order chi connectivity index (χ1) is 16.5. The minimum atomic E-state index is -0.409. The molecule has 0 saturated heterocycles. The predicted molar refractivity (Wildman–Crippen MR) is 129 cm³/mol. The van der Waals surface area contributed by atoms with E-state index < -0.39 is 5.97 Å². The SMILES string of the molecule is CCCOC(=O)c1cccc(NC(=O)CSc2nnc(COc3ccc(OC)cc3)n2CC)c1. The number of carbonyl (C=O) groups excluding carboxylic acids is 2. The van der Waals surface area contributed by atoms with Crippen molar-refractivity contribution >= 4 is 29.3 Å². The largest absolute Gasteiger partial charge is 0.497 e. The molecule has 180 valence electrons. The van der Waals surface area contributed by atoms with E-state index in [1.165, 1.54) is 11.8 Å². The summed E-state index contributed by atoms with van der Waals surface area (Å²) in [6, 6.07) is 14.0. The lowest BCUT2D eigenvalue weighted by atomic mass is 10.2. The van der Waals surface area contributed by atoms with E-state index in [2.05, 4.69) is 15.5 Å². The quantitative estimate of drug-likeness (QED) is 0.302. The topological polar surface area (TPSA) is 105 Å². The van der Waals surface area contributed by atoms with Crippen LogP contribution in [0.25, 0.3) is 0 Å². The van der Waals surface area contributed by atoms with Gasteiger partial charge >= 0.3 is 5.97 Å². The number of anilines is 1. The highest BCUT2D eigenvalue weighted by atomic mass is 32.2. The van der Waals surface area contributed by atoms with E-state index in [-0.39, 0.29) is 18.3 Å². The molecule has 2 aromatic carbocycles. The summed E-state index contributed by atoms with van der Waals surface area (Å²) >= 11 is 1.28. The molecule has 1 N–H and O–H groups in total. The van der Waals surface area contributed by atoms with Gasteiger partial charge in [0.15, 0.2) is 11.0 Å². The summed E-state index contributed by atoms with van der Waals surface area (Å²) in [4.78, 5) is 24.5. The van der Waals surface area contributed by atoms with Crippen molar-refractivity contribution in [2.24, 2.45) is 0 Å². The zero-order chi connectivity index (χ0) is 24.3. The summed E-state index contributed by atoms with van der Waals surface area (Å²) in [6.07, 6.45) is 0.747. The van der Waals surface area contributed by atoms with Crippen molar-refractivity contribution < 1.29 is 23.8 Å². The number of aromatic nitrogens is 3. The minimum Gasteiger partial charge on any atom is -0.497 e. The lowest BCUT2D eigenvalue weighted by molar-refractivity contribution is -0.113. The summed E-state index contributed by atoms with van der Waals surface area (Å²) in [7, 11) is 1.61. The minimum absolute atomic E-state index is 0.141. The Bertz CT molecular complexity index is 1100. The monoisotopic (exact) mass is 484 g/mol. The van der Waals surface area contributed by atoms with Crippen molar-refractivity contribution in [3.8, 4) is 11.5 Å². The second-order valence-electron chi connectivity index (χ2n) is 7.16. The second kappa shape index (κ2) is 12.6. The van der Waals surface area contributed by atoms with Crippen LogP contribution in [0.1, 0.15) is 36.5 Å². The fourth-order valence-electron chi connectivity index (χ4n) is 3.00. The van der Waals surface area contributed by atoms with Crippen molar-refractivity contribution in [1.82, 2.24) is 14.8 Å². The first-order valence-electron chi connectivity index (χ1n) is 10.9. The third kappa shape index (κ3) is 6.98. The molecule has 3 rings (SSSR count). The molecule has 0 aliphatic carbocycles. The third-order valence-corrected chi connectivity index (χ3v) is 5.66. The van der Waals surface area contributed by atoms with Crippen LogP contribution in [0.2, 0.25) is 0 Å². The van der Waals surface area contributed by atoms with Crippen molar-refractivity contribution in [3.05, 3.63) is 59.9 Å². The Kier molecular flexibility index (Phi) is 9.33. The average molecular weight is 485 g/mol. The number of benzene rings is 2. The van der Waals surface area contributed by atoms with Gasteiger partial charge in [-0.25, -0.2) is 4.79 Å². The number of esters is 1. The predicted octanol–water partition coefficient (Wildman–Crippen LogP) is 4.18. The zero-order valence-corrected chi connectivity index (χ0v) is 20.3. The van der Waals surface area contributed by atoms with Crippen LogP contribution in [0.15, 0.2) is 53.7 Å². The summed E-state index contributed by atoms with van der Waals surface area (Å²) in [5, 5.41) is 11.9. The van der Waals surface area contributed by atoms with Crippen LogP contribution < -0.4 is 14.8 Å². The molecule has 0 unspecified atom stereocenters. The maximum absolute atomic E-state index is 12.5. The van der Waals surface area contributed by atoms with Gasteiger partial charge in [0.2, 0.25) is 5.91 Å². The van der Waals surface area contributed by atoms with Gasteiger partial charge in [-0.15, -0.1) is 10.2 Å². The molecule has 0 bridgehead atoms. The van der Waals surface area contributed by atoms with Gasteiger partial charge in [-0.1, -0.05) is 24.8 Å². The molecule has 0 spiro atoms. The lowest BCUT2D eigenvalue weighted by Gasteiger charge is -2.10. The van der Waals surface area contributed by atoms with Crippen LogP contribution >= 0.6 is 11.8 Å². The van der Waals surface area contributed by atoms with Crippen LogP contribution in [-0.4, -0.2) is 46.1 Å². The Morgan fingerprint density at radius 2 is 1.82 bits per heavy atom. The average Bonchev–Trinajstić information content (AvgIpc) is 3.27. The van der Waals surface area contributed by atoms with E-state index in [1.807, 2.05) is 42.7 Å². The number of amides is 1. The number of carbonyl (C=O) groups is 2. The van der Waals surface area contributed by atoms with Gasteiger partial charge in [-0.2, -0.15) is 0 Å². The molecule has 1 aromatic heterocycles. The summed E-state index contributed by atoms with van der Waals surface area (Å²) in [6.45, 7) is 5.16. The third-order valence-electron chi connectivity index (χ3n) is 4.69. The van der Waals surface area contributed by atoms with Gasteiger partial charge in [0.25, 0.3) is 0 Å². The van der Waals surface area contributed by atoms with Gasteiger partial charge < -0.3 is 24.1 Å². The molecule has 1 amide bonds. The van der Waals surface area contributed by atoms with Crippen molar-refractivity contribution in [3.63, 3.8) is 0 Å². The summed E-state index contributed by atoms with van der Waals surface area (Å²) in [5.74, 6) is 1.63. The van der Waals surface area contributed by atoms with E-state index in [9.17, 15) is 9.59 Å². The van der Waals surface area contributed by atoms with Crippen LogP contribution in [0.4, 0.5) is 5.69 Å². The first-order valence-corrected chi connectivity index (χ1v) is 11.9. The Morgan fingerprint density at radius 3 is 2.53 bits per heavy atom. The smallest absolute Gasteiger partial charge is 0.338 e. The van der Waals surface area contributed by atoms with Crippen molar-refractivity contribution in [1.29, 1.82) is 0 Å². The molecule has 0 saturated carbocycles. The number of nitrogens with one attached hydrogen (secondary N) is 1. The number of methoxy groups -OCH3 is 1. The summed E-state index contributed by atoms with van der Waals surface area (Å²) < 4.78 is 18.0. The summed E-state index contributed by atoms with van der Waals surface area (Å²) in [5.41, 5.74) is 0.924. The van der Waals surface area contributed by atoms with E-state index >= 15 is 0 Å². The van der Waals surface area contributed by atoms with Gasteiger partial charge in [0, 0.05) is 12.2 Å². The van der Waals surface area contributed by atoms with E-state index in [4.69, 9.17) is 14.2 Å². The Hall–Kier alpha value is -3.53. The fourth-order valence-corrected chi connectivity index (χ4v) is 3.82. The molecule has 0 aliphatic rings. The van der Waals surface area contributed by atoms with Crippen molar-refractivity contribution in [2.75, 3.05) is 24.8 Å². The molecular weight excluding hydrogens is 456 g/mol. The number of nitrogens with zero attached hydrogens (tertiary/aromatic N) is 3. The molecule has 1 heterocycles. The first kappa shape index (κ1) is 25.1. The van der Waals surface area contributed by atoms with E-state index in [0.29, 0.717) is 41.1 Å². The van der Waals surface area contributed by atoms with Gasteiger partial charge in [0.05, 0.1) is 25.0 Å². The van der Waals surface area contributed by atoms with Gasteiger partial charge in [-0.05, 0) is 55.8 Å². The Labute approximate surface area is 202 Å². The van der Waals surface area contributed by atoms with Gasteiger partial charge in [-0.3, -0.25) is 4.79 Å². The van der Waals surface area contributed by atoms with Crippen LogP contribution in [0, 0.1) is 0 Å². The number of hydrogen-bond donors (Lipinski definition) is 1. The molecule has 3 aromatic rings. The highest BCUT2D eigenvalue weighted by Crippen LogP contribution is 2.21. The molecular formula is C24H28N4O5S. The highest BCUT2D eigenvalue weighted by Gasteiger charge is 2.15. The fraction of sp³-hybridized carbons (Fsp3) is 0.333. The number of thioether (sulfide) groups is 1. The molecule has 0 fully saturated rings. The number of ether oxygens (including phenoxy) is 3. The van der Waals surface area contributed by atoms with E-state index in [1.54, 1.807) is 31.4 Å². The molecule has 0 atom stereocenters. The van der Waals surface area contributed by atoms with Crippen molar-refractivity contribution in [2.45, 2.75) is 38.6 Å². The Morgan fingerprint density at radius 1 is 1.06 bits per heavy atom.